The van der Waals surface area contributed by atoms with E-state index in [9.17, 15) is 14.4 Å². The van der Waals surface area contributed by atoms with Crippen LogP contribution in [0.4, 0.5) is 0 Å². The molecule has 1 unspecified atom stereocenters. The fourth-order valence-electron chi connectivity index (χ4n) is 5.42. The lowest BCUT2D eigenvalue weighted by atomic mass is 9.84. The maximum Gasteiger partial charge on any atom is 0.248 e. The summed E-state index contributed by atoms with van der Waals surface area (Å²) in [6, 6.07) is 13.6. The Morgan fingerprint density at radius 2 is 1.61 bits per heavy atom. The summed E-state index contributed by atoms with van der Waals surface area (Å²) in [6.45, 7) is 9.68. The first-order chi connectivity index (χ1) is 18.2. The van der Waals surface area contributed by atoms with Crippen LogP contribution in [0, 0.1) is 13.8 Å². The Hall–Kier alpha value is -2.90. The predicted molar refractivity (Wildman–Crippen MR) is 148 cm³/mol. The lowest BCUT2D eigenvalue weighted by Gasteiger charge is -2.51. The van der Waals surface area contributed by atoms with Crippen LogP contribution in [-0.4, -0.2) is 77.4 Å². The van der Waals surface area contributed by atoms with Gasteiger partial charge in [0.2, 0.25) is 17.7 Å². The van der Waals surface area contributed by atoms with E-state index < -0.39 is 5.54 Å². The second kappa shape index (κ2) is 12.3. The highest BCUT2D eigenvalue weighted by Gasteiger charge is 2.50. The van der Waals surface area contributed by atoms with Crippen LogP contribution in [0.25, 0.3) is 0 Å². The molecule has 0 aliphatic carbocycles. The van der Waals surface area contributed by atoms with Gasteiger partial charge >= 0.3 is 0 Å². The first-order valence-electron chi connectivity index (χ1n) is 13.4. The van der Waals surface area contributed by atoms with Gasteiger partial charge in [-0.1, -0.05) is 53.1 Å². The summed E-state index contributed by atoms with van der Waals surface area (Å²) in [4.78, 5) is 45.3. The third-order valence-electron chi connectivity index (χ3n) is 7.57. The van der Waals surface area contributed by atoms with Gasteiger partial charge in [0, 0.05) is 44.2 Å². The highest BCUT2D eigenvalue weighted by molar-refractivity contribution is 6.30. The van der Waals surface area contributed by atoms with E-state index >= 15 is 0 Å². The Labute approximate surface area is 230 Å². The zero-order valence-corrected chi connectivity index (χ0v) is 23.4. The van der Waals surface area contributed by atoms with Crippen LogP contribution in [-0.2, 0) is 32.1 Å². The summed E-state index contributed by atoms with van der Waals surface area (Å²) >= 11 is 6.07. The molecule has 38 heavy (non-hydrogen) atoms. The first kappa shape index (κ1) is 28.1. The van der Waals surface area contributed by atoms with E-state index in [1.54, 1.807) is 9.80 Å². The highest BCUT2D eigenvalue weighted by Crippen LogP contribution is 2.34. The van der Waals surface area contributed by atoms with Crippen LogP contribution < -0.4 is 0 Å². The van der Waals surface area contributed by atoms with E-state index in [4.69, 9.17) is 16.3 Å². The number of nitrogens with zero attached hydrogens (tertiary/aromatic N) is 3. The van der Waals surface area contributed by atoms with Crippen molar-refractivity contribution in [3.63, 3.8) is 0 Å². The van der Waals surface area contributed by atoms with Crippen molar-refractivity contribution in [2.45, 2.75) is 58.5 Å². The molecule has 0 radical (unpaired) electrons. The molecule has 0 bridgehead atoms. The number of benzene rings is 2. The molecular formula is C30H38ClN3O4. The van der Waals surface area contributed by atoms with E-state index in [2.05, 4.69) is 6.07 Å². The topological polar surface area (TPSA) is 70.2 Å². The Morgan fingerprint density at radius 1 is 0.947 bits per heavy atom. The van der Waals surface area contributed by atoms with Crippen molar-refractivity contribution in [2.75, 3.05) is 39.4 Å². The molecule has 2 heterocycles. The lowest BCUT2D eigenvalue weighted by molar-refractivity contribution is -0.164. The molecule has 0 N–H and O–H groups in total. The minimum absolute atomic E-state index is 0.0361. The number of hydrogen-bond donors (Lipinski definition) is 0. The van der Waals surface area contributed by atoms with E-state index in [1.807, 2.05) is 62.1 Å². The summed E-state index contributed by atoms with van der Waals surface area (Å²) in [5.74, 6) is -0.0235. The number of amides is 3. The molecule has 0 spiro atoms. The van der Waals surface area contributed by atoms with E-state index in [0.717, 1.165) is 22.3 Å². The summed E-state index contributed by atoms with van der Waals surface area (Å²) in [5.41, 5.74) is 3.27. The predicted octanol–water partition coefficient (Wildman–Crippen LogP) is 4.16. The van der Waals surface area contributed by atoms with Gasteiger partial charge < -0.3 is 19.4 Å². The lowest BCUT2D eigenvalue weighted by Crippen LogP contribution is -2.68. The molecule has 2 aromatic rings. The van der Waals surface area contributed by atoms with Gasteiger partial charge in [0.25, 0.3) is 0 Å². The number of carbonyl (C=O) groups is 3. The zero-order valence-electron chi connectivity index (χ0n) is 22.7. The third kappa shape index (κ3) is 6.75. The molecule has 2 aromatic carbocycles. The zero-order chi connectivity index (χ0) is 27.3. The van der Waals surface area contributed by atoms with Crippen molar-refractivity contribution in [2.24, 2.45) is 0 Å². The molecule has 8 heteroatoms. The van der Waals surface area contributed by atoms with Crippen molar-refractivity contribution in [3.8, 4) is 0 Å². The maximum atomic E-state index is 14.0. The number of hydrogen-bond acceptors (Lipinski definition) is 4. The van der Waals surface area contributed by atoms with Crippen LogP contribution >= 0.6 is 11.6 Å². The summed E-state index contributed by atoms with van der Waals surface area (Å²) in [7, 11) is 0. The normalized spacial score (nSPS) is 19.2. The second-order valence-electron chi connectivity index (χ2n) is 10.7. The average Bonchev–Trinajstić information content (AvgIpc) is 2.87. The molecule has 3 amide bonds. The molecule has 204 valence electrons. The van der Waals surface area contributed by atoms with Crippen LogP contribution in [0.15, 0.2) is 42.5 Å². The number of ether oxygens (including phenoxy) is 1. The molecule has 2 fully saturated rings. The third-order valence-corrected chi connectivity index (χ3v) is 7.82. The summed E-state index contributed by atoms with van der Waals surface area (Å²) < 4.78 is 5.35. The Morgan fingerprint density at radius 3 is 2.21 bits per heavy atom. The van der Waals surface area contributed by atoms with Crippen molar-refractivity contribution in [1.29, 1.82) is 0 Å². The number of morpholine rings is 1. The number of likely N-dealkylation sites (tertiary alicyclic amines) is 1. The molecule has 7 nitrogen and oxygen atoms in total. The smallest absolute Gasteiger partial charge is 0.248 e. The summed E-state index contributed by atoms with van der Waals surface area (Å²) in [5, 5.41) is 0.636. The van der Waals surface area contributed by atoms with E-state index in [-0.39, 0.29) is 24.1 Å². The second-order valence-corrected chi connectivity index (χ2v) is 11.1. The molecule has 2 saturated heterocycles. The van der Waals surface area contributed by atoms with E-state index in [1.165, 1.54) is 0 Å². The molecule has 0 saturated carbocycles. The fourth-order valence-corrected chi connectivity index (χ4v) is 5.54. The van der Waals surface area contributed by atoms with Crippen LogP contribution in [0.3, 0.4) is 0 Å². The monoisotopic (exact) mass is 539 g/mol. The minimum atomic E-state index is -0.892. The minimum Gasteiger partial charge on any atom is -0.378 e. The first-order valence-corrected chi connectivity index (χ1v) is 13.8. The Bertz CT molecular complexity index is 1140. The Balaban J connectivity index is 1.44. The summed E-state index contributed by atoms with van der Waals surface area (Å²) in [6.07, 6.45) is 1.82. The average molecular weight is 540 g/mol. The number of aryl methyl sites for hydroxylation is 2. The van der Waals surface area contributed by atoms with Crippen molar-refractivity contribution >= 4 is 29.3 Å². The van der Waals surface area contributed by atoms with Crippen LogP contribution in [0.5, 0.6) is 0 Å². The van der Waals surface area contributed by atoms with Gasteiger partial charge in [0.1, 0.15) is 5.54 Å². The van der Waals surface area contributed by atoms with Crippen molar-refractivity contribution in [3.05, 3.63) is 69.7 Å². The SMILES string of the molecule is Cc1cc(C)cc(CC(=O)N2CCC2(C)C(=O)N(CCCC(=O)N2CCOCC2)Cc2ccc(Cl)cc2)c1. The maximum absolute atomic E-state index is 14.0. The van der Waals surface area contributed by atoms with Gasteiger partial charge in [0.15, 0.2) is 0 Å². The molecule has 1 atom stereocenters. The standard InChI is InChI=1S/C30H38ClN3O4/c1-22-17-23(2)19-25(18-22)20-28(36)34-12-10-30(34,3)29(37)33(21-24-6-8-26(31)9-7-24)11-4-5-27(35)32-13-15-38-16-14-32/h6-9,17-19H,4-5,10-16,20-21H2,1-3H3. The molecule has 4 rings (SSSR count). The molecule has 2 aliphatic rings. The van der Waals surface area contributed by atoms with E-state index in [0.29, 0.717) is 70.2 Å². The largest absolute Gasteiger partial charge is 0.378 e. The van der Waals surface area contributed by atoms with Crippen LogP contribution in [0.2, 0.25) is 5.02 Å². The number of rotatable bonds is 9. The van der Waals surface area contributed by atoms with Gasteiger partial charge in [-0.05, 0) is 56.9 Å². The van der Waals surface area contributed by atoms with Gasteiger partial charge in [-0.15, -0.1) is 0 Å². The molecular weight excluding hydrogens is 502 g/mol. The van der Waals surface area contributed by atoms with Crippen molar-refractivity contribution in [1.82, 2.24) is 14.7 Å². The Kier molecular flexibility index (Phi) is 9.11. The van der Waals surface area contributed by atoms with Crippen LogP contribution in [0.1, 0.15) is 48.4 Å². The fraction of sp³-hybridized carbons (Fsp3) is 0.500. The number of halogens is 1. The van der Waals surface area contributed by atoms with Gasteiger partial charge in [0.05, 0.1) is 19.6 Å². The molecule has 0 aromatic heterocycles. The van der Waals surface area contributed by atoms with Crippen molar-refractivity contribution < 1.29 is 19.1 Å². The van der Waals surface area contributed by atoms with Gasteiger partial charge in [-0.2, -0.15) is 0 Å². The quantitative estimate of drug-likeness (QED) is 0.480. The number of carbonyl (C=O) groups excluding carboxylic acids is 3. The molecule has 2 aliphatic heterocycles. The highest BCUT2D eigenvalue weighted by atomic mass is 35.5. The van der Waals surface area contributed by atoms with Gasteiger partial charge in [-0.3, -0.25) is 14.4 Å². The van der Waals surface area contributed by atoms with Gasteiger partial charge in [-0.25, -0.2) is 0 Å².